The van der Waals surface area contributed by atoms with Crippen molar-refractivity contribution in [3.63, 3.8) is 0 Å². The molecule has 0 saturated carbocycles. The maximum Gasteiger partial charge on any atom is 0.299 e. The number of aliphatic hydroxyl groups is 1. The highest BCUT2D eigenvalue weighted by molar-refractivity contribution is 6.51. The molecule has 1 aliphatic heterocycles. The second-order valence-electron chi connectivity index (χ2n) is 9.00. The number of hydrogen-bond donors (Lipinski definition) is 1. The number of Topliss-reactive ketones (excluding diaryl/α,β-unsaturated/α-hetero) is 1. The lowest BCUT2D eigenvalue weighted by Gasteiger charge is -2.31. The maximum atomic E-state index is 13.3. The Kier molecular flexibility index (Phi) is 7.05. The molecule has 36 heavy (non-hydrogen) atoms. The van der Waals surface area contributed by atoms with E-state index in [9.17, 15) is 19.5 Å². The summed E-state index contributed by atoms with van der Waals surface area (Å²) in [5, 5.41) is 15.2. The van der Waals surface area contributed by atoms with E-state index in [1.165, 1.54) is 16.1 Å². The molecular weight excluding hydrogens is 458 g/mol. The van der Waals surface area contributed by atoms with Crippen molar-refractivity contribution in [1.82, 2.24) is 10.1 Å². The quantitative estimate of drug-likeness (QED) is 0.293. The number of amides is 2. The van der Waals surface area contributed by atoms with Crippen LogP contribution in [-0.2, 0) is 9.59 Å². The molecule has 1 fully saturated rings. The smallest absolute Gasteiger partial charge is 0.299 e. The summed E-state index contributed by atoms with van der Waals surface area (Å²) in [5.74, 6) is -1.87. The summed E-state index contributed by atoms with van der Waals surface area (Å²) in [6.07, 6.45) is 2.91. The average molecular weight is 488 g/mol. The van der Waals surface area contributed by atoms with Crippen LogP contribution in [-0.4, -0.2) is 52.9 Å². The van der Waals surface area contributed by atoms with Crippen LogP contribution in [0.2, 0.25) is 0 Å². The highest BCUT2D eigenvalue weighted by Gasteiger charge is 2.48. The van der Waals surface area contributed by atoms with Crippen LogP contribution in [0.4, 0.5) is 5.69 Å². The minimum Gasteiger partial charge on any atom is -0.507 e. The number of carbonyl (C=O) groups is 3. The molecule has 0 aliphatic carbocycles. The third-order valence-corrected chi connectivity index (χ3v) is 6.67. The lowest BCUT2D eigenvalue weighted by atomic mass is 9.87. The van der Waals surface area contributed by atoms with Gasteiger partial charge in [0.25, 0.3) is 17.6 Å². The van der Waals surface area contributed by atoms with Gasteiger partial charge in [0.15, 0.2) is 0 Å². The molecule has 2 heterocycles. The van der Waals surface area contributed by atoms with Gasteiger partial charge >= 0.3 is 0 Å². The summed E-state index contributed by atoms with van der Waals surface area (Å²) in [6.45, 7) is 4.01. The Morgan fingerprint density at radius 3 is 2.14 bits per heavy atom. The van der Waals surface area contributed by atoms with E-state index in [1.54, 1.807) is 56.6 Å². The molecule has 8 heteroatoms. The van der Waals surface area contributed by atoms with Crippen LogP contribution in [0, 0.1) is 5.92 Å². The second-order valence-corrected chi connectivity index (χ2v) is 9.00. The van der Waals surface area contributed by atoms with Crippen molar-refractivity contribution in [3.8, 4) is 11.3 Å². The topological polar surface area (TPSA) is 104 Å². The van der Waals surface area contributed by atoms with E-state index in [-0.39, 0.29) is 23.2 Å². The van der Waals surface area contributed by atoms with Crippen molar-refractivity contribution in [2.45, 2.75) is 32.7 Å². The van der Waals surface area contributed by atoms with Crippen LogP contribution < -0.4 is 4.90 Å². The number of benzene rings is 2. The Balaban J connectivity index is 1.77. The molecule has 0 spiro atoms. The van der Waals surface area contributed by atoms with Crippen LogP contribution in [0.5, 0.6) is 0 Å². The highest BCUT2D eigenvalue weighted by atomic mass is 16.5. The number of hydrogen-bond acceptors (Lipinski definition) is 6. The van der Waals surface area contributed by atoms with Crippen LogP contribution >= 0.6 is 0 Å². The number of nitrogens with zero attached hydrogens (tertiary/aromatic N) is 3. The minimum atomic E-state index is -0.724. The molecule has 186 valence electrons. The van der Waals surface area contributed by atoms with Crippen LogP contribution in [0.15, 0.2) is 71.0 Å². The maximum absolute atomic E-state index is 13.3. The summed E-state index contributed by atoms with van der Waals surface area (Å²) in [4.78, 5) is 41.7. The van der Waals surface area contributed by atoms with Crippen LogP contribution in [0.3, 0.4) is 0 Å². The highest BCUT2D eigenvalue weighted by Crippen LogP contribution is 2.39. The molecule has 0 radical (unpaired) electrons. The van der Waals surface area contributed by atoms with Gasteiger partial charge in [-0.2, -0.15) is 0 Å². The molecule has 1 unspecified atom stereocenters. The lowest BCUT2D eigenvalue weighted by Crippen LogP contribution is -2.39. The summed E-state index contributed by atoms with van der Waals surface area (Å²) in [6, 6.07) is 14.7. The molecule has 2 aromatic carbocycles. The van der Waals surface area contributed by atoms with Gasteiger partial charge in [0, 0.05) is 42.5 Å². The van der Waals surface area contributed by atoms with Crippen molar-refractivity contribution >= 4 is 29.0 Å². The predicted octanol–water partition coefficient (Wildman–Crippen LogP) is 4.73. The Morgan fingerprint density at radius 2 is 1.61 bits per heavy atom. The van der Waals surface area contributed by atoms with Crippen molar-refractivity contribution < 1.29 is 24.0 Å². The summed E-state index contributed by atoms with van der Waals surface area (Å²) < 4.78 is 4.91. The van der Waals surface area contributed by atoms with E-state index in [4.69, 9.17) is 4.52 Å². The molecule has 8 nitrogen and oxygen atoms in total. The van der Waals surface area contributed by atoms with Crippen molar-refractivity contribution in [1.29, 1.82) is 0 Å². The largest absolute Gasteiger partial charge is 0.507 e. The third-order valence-electron chi connectivity index (χ3n) is 6.67. The van der Waals surface area contributed by atoms with E-state index in [0.717, 1.165) is 5.56 Å². The zero-order valence-electron chi connectivity index (χ0n) is 20.8. The lowest BCUT2D eigenvalue weighted by molar-refractivity contribution is -0.132. The van der Waals surface area contributed by atoms with E-state index in [1.807, 2.05) is 26.0 Å². The molecule has 1 N–H and O–H groups in total. The monoisotopic (exact) mass is 487 g/mol. The van der Waals surface area contributed by atoms with Gasteiger partial charge < -0.3 is 14.5 Å². The molecule has 3 aromatic rings. The summed E-state index contributed by atoms with van der Waals surface area (Å²) >= 11 is 0. The van der Waals surface area contributed by atoms with Crippen molar-refractivity contribution in [2.75, 3.05) is 19.0 Å². The molecular formula is C28H29N3O5. The van der Waals surface area contributed by atoms with E-state index in [2.05, 4.69) is 5.16 Å². The van der Waals surface area contributed by atoms with Crippen LogP contribution in [0.25, 0.3) is 17.0 Å². The Labute approximate surface area is 209 Å². The van der Waals surface area contributed by atoms with E-state index < -0.39 is 17.7 Å². The fourth-order valence-electron chi connectivity index (χ4n) is 4.66. The van der Waals surface area contributed by atoms with Gasteiger partial charge in [0.05, 0.1) is 11.6 Å². The molecule has 1 saturated heterocycles. The first-order valence-corrected chi connectivity index (χ1v) is 11.9. The van der Waals surface area contributed by atoms with Gasteiger partial charge in [0.2, 0.25) is 0 Å². The van der Waals surface area contributed by atoms with Gasteiger partial charge in [-0.3, -0.25) is 19.3 Å². The molecule has 0 bridgehead atoms. The molecule has 1 aromatic heterocycles. The molecule has 4 rings (SSSR count). The average Bonchev–Trinajstić information content (AvgIpc) is 3.52. The first kappa shape index (κ1) is 24.9. The summed E-state index contributed by atoms with van der Waals surface area (Å²) in [7, 11) is 3.32. The SMILES string of the molecule is CCC(CC)C1C(=C(O)c2ccc(C(=O)N(C)C)cc2)C(=O)C(=O)N1c1ccc(-c2ccon2)cc1. The van der Waals surface area contributed by atoms with Gasteiger partial charge in [-0.25, -0.2) is 0 Å². The number of aliphatic hydroxyl groups excluding tert-OH is 1. The number of aromatic nitrogens is 1. The molecule has 1 atom stereocenters. The van der Waals surface area contributed by atoms with E-state index >= 15 is 0 Å². The Morgan fingerprint density at radius 1 is 1.00 bits per heavy atom. The number of rotatable bonds is 7. The van der Waals surface area contributed by atoms with Gasteiger partial charge in [0.1, 0.15) is 17.7 Å². The van der Waals surface area contributed by atoms with E-state index in [0.29, 0.717) is 35.3 Å². The molecule has 2 amide bonds. The Hall–Kier alpha value is -4.20. The third kappa shape index (κ3) is 4.42. The second kappa shape index (κ2) is 10.2. The van der Waals surface area contributed by atoms with Crippen LogP contribution in [0.1, 0.15) is 42.6 Å². The predicted molar refractivity (Wildman–Crippen MR) is 136 cm³/mol. The first-order chi connectivity index (χ1) is 17.3. The normalized spacial score (nSPS) is 17.1. The zero-order chi connectivity index (χ0) is 26.0. The molecule has 1 aliphatic rings. The van der Waals surface area contributed by atoms with Crippen molar-refractivity contribution in [3.05, 3.63) is 77.6 Å². The fourth-order valence-corrected chi connectivity index (χ4v) is 4.66. The number of carbonyl (C=O) groups excluding carboxylic acids is 3. The first-order valence-electron chi connectivity index (χ1n) is 11.9. The summed E-state index contributed by atoms with van der Waals surface area (Å²) in [5.41, 5.74) is 2.96. The van der Waals surface area contributed by atoms with Gasteiger partial charge in [-0.15, -0.1) is 0 Å². The number of anilines is 1. The standard InChI is InChI=1S/C28H29N3O5/c1-5-17(6-2)24-23(25(32)19-7-9-20(10-8-19)27(34)30(3)4)26(33)28(35)31(24)21-13-11-18(12-14-21)22-15-16-36-29-22/h7-17,24,32H,5-6H2,1-4H3. The van der Waals surface area contributed by atoms with Gasteiger partial charge in [-0.1, -0.05) is 56.1 Å². The number of ketones is 1. The Bertz CT molecular complexity index is 1290. The van der Waals surface area contributed by atoms with Crippen molar-refractivity contribution in [2.24, 2.45) is 5.92 Å². The van der Waals surface area contributed by atoms with Gasteiger partial charge in [-0.05, 0) is 30.2 Å². The minimum absolute atomic E-state index is 0.0534. The fraction of sp³-hybridized carbons (Fsp3) is 0.286. The zero-order valence-corrected chi connectivity index (χ0v) is 20.8.